The molecule has 120 valence electrons. The summed E-state index contributed by atoms with van der Waals surface area (Å²) >= 11 is 0. The van der Waals surface area contributed by atoms with Gasteiger partial charge in [0.05, 0.1) is 25.2 Å². The number of hydrogen-bond donors (Lipinski definition) is 1. The van der Waals surface area contributed by atoms with Crippen LogP contribution < -0.4 is 5.32 Å². The largest absolute Gasteiger partial charge is 0.453 e. The van der Waals surface area contributed by atoms with Crippen molar-refractivity contribution in [2.45, 2.75) is 24.0 Å². The maximum absolute atomic E-state index is 12.5. The molecule has 5 heteroatoms. The third kappa shape index (κ3) is 1.49. The fourth-order valence-electron chi connectivity index (χ4n) is 4.74. The number of amides is 2. The van der Waals surface area contributed by atoms with Crippen LogP contribution in [0.2, 0.25) is 0 Å². The van der Waals surface area contributed by atoms with E-state index >= 15 is 0 Å². The van der Waals surface area contributed by atoms with Crippen LogP contribution in [0.3, 0.4) is 0 Å². The van der Waals surface area contributed by atoms with Crippen molar-refractivity contribution in [2.24, 2.45) is 0 Å². The van der Waals surface area contributed by atoms with E-state index in [4.69, 9.17) is 4.74 Å². The fourth-order valence-corrected chi connectivity index (χ4v) is 4.74. The number of fused-ring (bicyclic) bond motifs is 10. The van der Waals surface area contributed by atoms with Crippen molar-refractivity contribution in [3.8, 4) is 0 Å². The zero-order valence-corrected chi connectivity index (χ0v) is 13.1. The number of nitrogens with one attached hydrogen (secondary N) is 1. The lowest BCUT2D eigenvalue weighted by Crippen LogP contribution is -2.47. The normalized spacial score (nSPS) is 28.7. The van der Waals surface area contributed by atoms with Crippen LogP contribution in [-0.4, -0.2) is 30.1 Å². The van der Waals surface area contributed by atoms with Gasteiger partial charge in [0.25, 0.3) is 5.91 Å². The maximum Gasteiger partial charge on any atom is 0.410 e. The fraction of sp³-hybridized carbons (Fsp3) is 0.263. The van der Waals surface area contributed by atoms with Gasteiger partial charge in [-0.05, 0) is 22.8 Å². The van der Waals surface area contributed by atoms with Crippen LogP contribution in [0.15, 0.2) is 48.5 Å². The molecule has 5 rings (SSSR count). The zero-order valence-electron chi connectivity index (χ0n) is 13.1. The highest BCUT2D eigenvalue weighted by molar-refractivity contribution is 5.98. The van der Waals surface area contributed by atoms with Gasteiger partial charge in [-0.15, -0.1) is 0 Å². The molecule has 2 aromatic rings. The lowest BCUT2D eigenvalue weighted by molar-refractivity contribution is 0.0898. The summed E-state index contributed by atoms with van der Waals surface area (Å²) in [5, 5.41) is 3.13. The lowest BCUT2D eigenvalue weighted by atomic mass is 9.73. The molecule has 0 aromatic heterocycles. The number of rotatable bonds is 0. The van der Waals surface area contributed by atoms with Gasteiger partial charge in [0.1, 0.15) is 0 Å². The standard InChI is InChI=1S/C19H16N2O3/c1-24-19(23)21-16-11-7-3-4-8-12(11)17(21)15-14(16)10-6-2-5-9-13(10)18(22)20-15/h2-9,14-17H,1H3,(H,20,22)/t14?,15?,16-,17+/m1/s1. The molecule has 1 N–H and O–H groups in total. The number of nitrogens with zero attached hydrogens (tertiary/aromatic N) is 1. The minimum atomic E-state index is -0.345. The lowest BCUT2D eigenvalue weighted by Gasteiger charge is -2.35. The summed E-state index contributed by atoms with van der Waals surface area (Å²) in [6.07, 6.45) is -0.345. The predicted octanol–water partition coefficient (Wildman–Crippen LogP) is 2.76. The Hall–Kier alpha value is -2.82. The highest BCUT2D eigenvalue weighted by Crippen LogP contribution is 2.61. The minimum Gasteiger partial charge on any atom is -0.453 e. The summed E-state index contributed by atoms with van der Waals surface area (Å²) < 4.78 is 5.04. The van der Waals surface area contributed by atoms with Gasteiger partial charge in [0.2, 0.25) is 0 Å². The van der Waals surface area contributed by atoms with Crippen molar-refractivity contribution in [2.75, 3.05) is 7.11 Å². The monoisotopic (exact) mass is 320 g/mol. The van der Waals surface area contributed by atoms with E-state index in [9.17, 15) is 9.59 Å². The van der Waals surface area contributed by atoms with Gasteiger partial charge in [-0.25, -0.2) is 4.79 Å². The first-order chi connectivity index (χ1) is 11.7. The average Bonchev–Trinajstić information content (AvgIpc) is 3.13. The molecule has 3 heterocycles. The second kappa shape index (κ2) is 4.60. The van der Waals surface area contributed by atoms with E-state index in [1.807, 2.05) is 42.5 Å². The zero-order chi connectivity index (χ0) is 16.4. The van der Waals surface area contributed by atoms with E-state index in [1.54, 1.807) is 4.90 Å². The topological polar surface area (TPSA) is 58.6 Å². The molecule has 0 radical (unpaired) electrons. The Morgan fingerprint density at radius 1 is 1.00 bits per heavy atom. The number of carbonyl (C=O) groups is 2. The molecular weight excluding hydrogens is 304 g/mol. The van der Waals surface area contributed by atoms with E-state index in [-0.39, 0.29) is 36.0 Å². The van der Waals surface area contributed by atoms with E-state index in [2.05, 4.69) is 11.4 Å². The number of hydrogen-bond acceptors (Lipinski definition) is 3. The molecule has 3 aliphatic heterocycles. The molecule has 3 aliphatic rings. The number of methoxy groups -OCH3 is 1. The maximum atomic E-state index is 12.5. The Balaban J connectivity index is 1.74. The van der Waals surface area contributed by atoms with Crippen LogP contribution in [0.5, 0.6) is 0 Å². The molecule has 4 atom stereocenters. The molecular formula is C19H16N2O3. The first-order valence-electron chi connectivity index (χ1n) is 8.07. The van der Waals surface area contributed by atoms with Gasteiger partial charge in [-0.3, -0.25) is 9.69 Å². The van der Waals surface area contributed by atoms with Crippen molar-refractivity contribution in [1.29, 1.82) is 0 Å². The average molecular weight is 320 g/mol. The molecule has 5 nitrogen and oxygen atoms in total. The van der Waals surface area contributed by atoms with Crippen LogP contribution in [0, 0.1) is 0 Å². The number of ether oxygens (including phenoxy) is 1. The third-order valence-electron chi connectivity index (χ3n) is 5.55. The third-order valence-corrected chi connectivity index (χ3v) is 5.55. The molecule has 0 aliphatic carbocycles. The molecule has 1 saturated heterocycles. The van der Waals surface area contributed by atoms with Gasteiger partial charge < -0.3 is 10.1 Å². The summed E-state index contributed by atoms with van der Waals surface area (Å²) in [6, 6.07) is 15.4. The Kier molecular flexibility index (Phi) is 2.61. The quantitative estimate of drug-likeness (QED) is 0.812. The van der Waals surface area contributed by atoms with E-state index in [1.165, 1.54) is 7.11 Å². The Bertz CT molecular complexity index is 878. The second-order valence-electron chi connectivity index (χ2n) is 6.51. The van der Waals surface area contributed by atoms with Crippen molar-refractivity contribution < 1.29 is 14.3 Å². The summed E-state index contributed by atoms with van der Waals surface area (Å²) in [4.78, 5) is 26.8. The first-order valence-corrected chi connectivity index (χ1v) is 8.07. The van der Waals surface area contributed by atoms with E-state index < -0.39 is 0 Å². The van der Waals surface area contributed by atoms with Crippen molar-refractivity contribution in [1.82, 2.24) is 10.2 Å². The highest BCUT2D eigenvalue weighted by atomic mass is 16.5. The van der Waals surface area contributed by atoms with Crippen LogP contribution in [-0.2, 0) is 4.74 Å². The van der Waals surface area contributed by atoms with Crippen molar-refractivity contribution in [3.63, 3.8) is 0 Å². The molecule has 24 heavy (non-hydrogen) atoms. The Morgan fingerprint density at radius 2 is 1.62 bits per heavy atom. The SMILES string of the molecule is COC(=O)N1[C@@H]2c3ccccc3[C@H]1C1NC(=O)c3ccccc3C12. The smallest absolute Gasteiger partial charge is 0.410 e. The van der Waals surface area contributed by atoms with Crippen LogP contribution in [0.25, 0.3) is 0 Å². The van der Waals surface area contributed by atoms with Crippen LogP contribution in [0.4, 0.5) is 4.79 Å². The van der Waals surface area contributed by atoms with Gasteiger partial charge in [0, 0.05) is 11.5 Å². The molecule has 2 amide bonds. The molecule has 0 saturated carbocycles. The molecule has 2 unspecified atom stereocenters. The van der Waals surface area contributed by atoms with Crippen LogP contribution >= 0.6 is 0 Å². The molecule has 1 fully saturated rings. The predicted molar refractivity (Wildman–Crippen MR) is 86.6 cm³/mol. The molecule has 2 aromatic carbocycles. The Labute approximate surface area is 139 Å². The minimum absolute atomic E-state index is 0.0536. The Morgan fingerprint density at radius 3 is 2.33 bits per heavy atom. The van der Waals surface area contributed by atoms with Gasteiger partial charge in [0.15, 0.2) is 0 Å². The van der Waals surface area contributed by atoms with Gasteiger partial charge in [-0.1, -0.05) is 42.5 Å². The summed E-state index contributed by atoms with van der Waals surface area (Å²) in [7, 11) is 1.40. The highest BCUT2D eigenvalue weighted by Gasteiger charge is 2.61. The number of carbonyl (C=O) groups excluding carboxylic acids is 2. The van der Waals surface area contributed by atoms with Crippen LogP contribution in [0.1, 0.15) is 45.0 Å². The van der Waals surface area contributed by atoms with Crippen molar-refractivity contribution in [3.05, 3.63) is 70.8 Å². The van der Waals surface area contributed by atoms with Gasteiger partial charge >= 0.3 is 6.09 Å². The summed E-state index contributed by atoms with van der Waals surface area (Å²) in [5.74, 6) is -0.0143. The summed E-state index contributed by atoms with van der Waals surface area (Å²) in [6.45, 7) is 0. The summed E-state index contributed by atoms with van der Waals surface area (Å²) in [5.41, 5.74) is 3.98. The van der Waals surface area contributed by atoms with E-state index in [0.717, 1.165) is 16.7 Å². The van der Waals surface area contributed by atoms with E-state index in [0.29, 0.717) is 5.56 Å². The van der Waals surface area contributed by atoms with Crippen molar-refractivity contribution >= 4 is 12.0 Å². The number of benzene rings is 2. The van der Waals surface area contributed by atoms with Gasteiger partial charge in [-0.2, -0.15) is 0 Å². The molecule has 0 spiro atoms. The second-order valence-corrected chi connectivity index (χ2v) is 6.51. The molecule has 2 bridgehead atoms. The first kappa shape index (κ1) is 13.6.